The number of thiophene rings is 1. The van der Waals surface area contributed by atoms with Crippen LogP contribution in [0.25, 0.3) is 0 Å². The Morgan fingerprint density at radius 1 is 1.21 bits per heavy atom. The minimum Gasteiger partial charge on any atom is -0.379 e. The van der Waals surface area contributed by atoms with E-state index in [1.807, 2.05) is 13.1 Å². The Bertz CT molecular complexity index is 845. The second-order valence-electron chi connectivity index (χ2n) is 6.53. The van der Waals surface area contributed by atoms with E-state index >= 15 is 0 Å². The molecule has 0 unspecified atom stereocenters. The Balaban J connectivity index is 1.52. The van der Waals surface area contributed by atoms with Crippen LogP contribution >= 0.6 is 22.9 Å². The summed E-state index contributed by atoms with van der Waals surface area (Å²) in [5.41, 5.74) is 0. The first kappa shape index (κ1) is 21.7. The van der Waals surface area contributed by atoms with E-state index in [4.69, 9.17) is 21.1 Å². The molecule has 1 aliphatic rings. The summed E-state index contributed by atoms with van der Waals surface area (Å²) < 4.78 is 40.8. The lowest BCUT2D eigenvalue weighted by Gasteiger charge is -2.30. The number of rotatable bonds is 10. The maximum absolute atomic E-state index is 12.7. The zero-order chi connectivity index (χ0) is 20.0. The second kappa shape index (κ2) is 10.2. The molecule has 0 spiro atoms. The largest absolute Gasteiger partial charge is 0.379 e. The molecular formula is C18H26ClN3O4S2. The highest BCUT2D eigenvalue weighted by atomic mass is 35.5. The maximum atomic E-state index is 12.7. The Morgan fingerprint density at radius 3 is 2.64 bits per heavy atom. The topological polar surface area (TPSA) is 73.7 Å². The van der Waals surface area contributed by atoms with Gasteiger partial charge in [0.2, 0.25) is 0 Å². The van der Waals surface area contributed by atoms with E-state index in [0.29, 0.717) is 48.1 Å². The third-order valence-electron chi connectivity index (χ3n) is 4.76. The van der Waals surface area contributed by atoms with Gasteiger partial charge >= 0.3 is 0 Å². The zero-order valence-corrected chi connectivity index (χ0v) is 18.3. The van der Waals surface area contributed by atoms with E-state index in [0.717, 1.165) is 36.5 Å². The molecule has 1 saturated heterocycles. The quantitative estimate of drug-likeness (QED) is 0.523. The van der Waals surface area contributed by atoms with Crippen LogP contribution < -0.4 is 0 Å². The van der Waals surface area contributed by atoms with Crippen molar-refractivity contribution in [2.45, 2.75) is 36.4 Å². The van der Waals surface area contributed by atoms with Gasteiger partial charge in [0.05, 0.1) is 24.2 Å². The summed E-state index contributed by atoms with van der Waals surface area (Å²) in [5, 5.41) is 0. The van der Waals surface area contributed by atoms with Crippen LogP contribution in [0, 0.1) is 0 Å². The molecule has 1 aliphatic heterocycles. The summed E-state index contributed by atoms with van der Waals surface area (Å²) in [6, 6.07) is 3.20. The number of ether oxygens (including phenoxy) is 2. The molecule has 0 atom stereocenters. The molecule has 28 heavy (non-hydrogen) atoms. The van der Waals surface area contributed by atoms with Crippen LogP contribution in [-0.4, -0.2) is 61.8 Å². The summed E-state index contributed by atoms with van der Waals surface area (Å²) in [6.45, 7) is 6.15. The van der Waals surface area contributed by atoms with Gasteiger partial charge in [0.25, 0.3) is 10.0 Å². The van der Waals surface area contributed by atoms with Crippen molar-refractivity contribution in [2.24, 2.45) is 0 Å². The van der Waals surface area contributed by atoms with E-state index in [9.17, 15) is 8.42 Å². The molecule has 3 heterocycles. The van der Waals surface area contributed by atoms with Crippen LogP contribution in [0.3, 0.4) is 0 Å². The van der Waals surface area contributed by atoms with E-state index in [1.165, 1.54) is 0 Å². The maximum Gasteiger partial charge on any atom is 0.252 e. The van der Waals surface area contributed by atoms with Gasteiger partial charge in [-0.05, 0) is 31.9 Å². The highest BCUT2D eigenvalue weighted by molar-refractivity contribution is 7.91. The summed E-state index contributed by atoms with van der Waals surface area (Å²) in [7, 11) is -3.46. The average Bonchev–Trinajstić information content (AvgIpc) is 3.34. The molecule has 0 saturated carbocycles. The van der Waals surface area contributed by atoms with Crippen molar-refractivity contribution in [1.29, 1.82) is 0 Å². The molecule has 0 radical (unpaired) electrons. The lowest BCUT2D eigenvalue weighted by Crippen LogP contribution is -2.38. The molecule has 2 aromatic heterocycles. The van der Waals surface area contributed by atoms with Crippen molar-refractivity contribution in [3.63, 3.8) is 0 Å². The fraction of sp³-hybridized carbons (Fsp3) is 0.611. The molecule has 0 bridgehead atoms. The van der Waals surface area contributed by atoms with Crippen LogP contribution in [0.5, 0.6) is 0 Å². The number of hydrogen-bond donors (Lipinski definition) is 0. The van der Waals surface area contributed by atoms with Crippen LogP contribution in [0.15, 0.2) is 28.7 Å². The van der Waals surface area contributed by atoms with Crippen molar-refractivity contribution in [3.05, 3.63) is 34.7 Å². The Morgan fingerprint density at radius 2 is 1.96 bits per heavy atom. The number of hydrogen-bond acceptors (Lipinski definition) is 6. The molecule has 156 valence electrons. The Hall–Kier alpha value is -0.970. The summed E-state index contributed by atoms with van der Waals surface area (Å²) in [5.74, 6) is 1.25. The van der Waals surface area contributed by atoms with Gasteiger partial charge in [-0.15, -0.1) is 11.3 Å². The van der Waals surface area contributed by atoms with Gasteiger partial charge in [-0.3, -0.25) is 0 Å². The monoisotopic (exact) mass is 447 g/mol. The number of aromatic nitrogens is 2. The third-order valence-corrected chi connectivity index (χ3v) is 8.36. The first-order valence-corrected chi connectivity index (χ1v) is 12.1. The molecule has 7 nitrogen and oxygen atoms in total. The number of halogens is 1. The second-order valence-corrected chi connectivity index (χ2v) is 10.4. The SMILES string of the molecule is CCOCCOCCn1ccnc1C1CCN(S(=O)(=O)c2ccc(Cl)s2)CC1. The highest BCUT2D eigenvalue weighted by Crippen LogP contribution is 2.33. The van der Waals surface area contributed by atoms with Gasteiger partial charge in [0, 0.05) is 44.6 Å². The molecular weight excluding hydrogens is 422 g/mol. The zero-order valence-electron chi connectivity index (χ0n) is 15.9. The summed E-state index contributed by atoms with van der Waals surface area (Å²) in [4.78, 5) is 4.52. The number of sulfonamides is 1. The predicted octanol–water partition coefficient (Wildman–Crippen LogP) is 3.22. The number of imidazole rings is 1. The minimum atomic E-state index is -3.46. The van der Waals surface area contributed by atoms with Crippen LogP contribution in [0.4, 0.5) is 0 Å². The molecule has 10 heteroatoms. The number of piperidine rings is 1. The fourth-order valence-corrected chi connectivity index (χ4v) is 6.42. The summed E-state index contributed by atoms with van der Waals surface area (Å²) >= 11 is 7.00. The first-order chi connectivity index (χ1) is 13.5. The van der Waals surface area contributed by atoms with Crippen molar-refractivity contribution < 1.29 is 17.9 Å². The normalized spacial score (nSPS) is 16.6. The van der Waals surface area contributed by atoms with Crippen molar-refractivity contribution >= 4 is 33.0 Å². The molecule has 0 amide bonds. The van der Waals surface area contributed by atoms with Gasteiger partial charge in [-0.25, -0.2) is 13.4 Å². The van der Waals surface area contributed by atoms with Crippen LogP contribution in [0.1, 0.15) is 31.5 Å². The smallest absolute Gasteiger partial charge is 0.252 e. The third kappa shape index (κ3) is 5.34. The lowest BCUT2D eigenvalue weighted by molar-refractivity contribution is 0.0493. The average molecular weight is 448 g/mol. The molecule has 2 aromatic rings. The van der Waals surface area contributed by atoms with E-state index < -0.39 is 10.0 Å². The van der Waals surface area contributed by atoms with Gasteiger partial charge < -0.3 is 14.0 Å². The van der Waals surface area contributed by atoms with Crippen molar-refractivity contribution in [1.82, 2.24) is 13.9 Å². The van der Waals surface area contributed by atoms with Crippen LogP contribution in [-0.2, 0) is 26.0 Å². The van der Waals surface area contributed by atoms with Crippen LogP contribution in [0.2, 0.25) is 4.34 Å². The molecule has 0 aliphatic carbocycles. The minimum absolute atomic E-state index is 0.247. The molecule has 0 aromatic carbocycles. The fourth-order valence-electron chi connectivity index (χ4n) is 3.31. The Kier molecular flexibility index (Phi) is 7.90. The standard InChI is InChI=1S/C18H26ClN3O4S2/c1-2-25-13-14-26-12-11-21-10-7-20-18(21)15-5-8-22(9-6-15)28(23,24)17-4-3-16(19)27-17/h3-4,7,10,15H,2,5-6,8-9,11-14H2,1H3. The van der Waals surface area contributed by atoms with Gasteiger partial charge in [-0.2, -0.15) is 4.31 Å². The summed E-state index contributed by atoms with van der Waals surface area (Å²) in [6.07, 6.45) is 5.26. The van der Waals surface area contributed by atoms with Gasteiger partial charge in [0.15, 0.2) is 0 Å². The van der Waals surface area contributed by atoms with Gasteiger partial charge in [0.1, 0.15) is 10.0 Å². The molecule has 3 rings (SSSR count). The predicted molar refractivity (Wildman–Crippen MR) is 110 cm³/mol. The lowest BCUT2D eigenvalue weighted by atomic mass is 9.97. The van der Waals surface area contributed by atoms with Crippen molar-refractivity contribution in [2.75, 3.05) is 39.5 Å². The molecule has 0 N–H and O–H groups in total. The van der Waals surface area contributed by atoms with Gasteiger partial charge in [-0.1, -0.05) is 11.6 Å². The van der Waals surface area contributed by atoms with E-state index in [1.54, 1.807) is 22.6 Å². The van der Waals surface area contributed by atoms with E-state index in [-0.39, 0.29) is 5.92 Å². The Labute approximate surface area is 175 Å². The van der Waals surface area contributed by atoms with Crippen molar-refractivity contribution in [3.8, 4) is 0 Å². The van der Waals surface area contributed by atoms with E-state index in [2.05, 4.69) is 9.55 Å². The number of nitrogens with zero attached hydrogens (tertiary/aromatic N) is 3. The molecule has 1 fully saturated rings. The highest BCUT2D eigenvalue weighted by Gasteiger charge is 2.32. The first-order valence-electron chi connectivity index (χ1n) is 9.44.